The molecule has 2 aliphatic rings. The number of anilines is 2. The van der Waals surface area contributed by atoms with Gasteiger partial charge in [-0.25, -0.2) is 9.99 Å². The molecule has 0 saturated carbocycles. The Bertz CT molecular complexity index is 1730. The Hall–Kier alpha value is -3.77. The van der Waals surface area contributed by atoms with Gasteiger partial charge in [-0.05, 0) is 42.0 Å². The van der Waals surface area contributed by atoms with E-state index < -0.39 is 15.1 Å². The molecule has 8 nitrogen and oxygen atoms in total. The first kappa shape index (κ1) is 25.5. The van der Waals surface area contributed by atoms with Crippen molar-refractivity contribution in [2.75, 3.05) is 15.7 Å². The summed E-state index contributed by atoms with van der Waals surface area (Å²) in [5.74, 6) is 0.101. The van der Waals surface area contributed by atoms with E-state index in [-0.39, 0.29) is 16.6 Å². The molecule has 0 radical (unpaired) electrons. The van der Waals surface area contributed by atoms with Crippen LogP contribution in [-0.4, -0.2) is 40.3 Å². The summed E-state index contributed by atoms with van der Waals surface area (Å²) in [4.78, 5) is 18.5. The van der Waals surface area contributed by atoms with Crippen LogP contribution in [0.25, 0.3) is 16.3 Å². The standard InChI is InChI=1S/C28H22N4O4S3/c33-26-19-37-28(31(26)27-29-24-15-6-7-16-25(24)38-27)18-21(12-5-4-11-20-9-2-1-3-10-20)30-32(28)22-13-8-14-23(17-22)39(34,35)36/h1-17H,18-19H2,(H,34,35,36)/b11-4+,12-5+. The summed E-state index contributed by atoms with van der Waals surface area (Å²) in [6.07, 6.45) is 8.06. The molecule has 2 aliphatic heterocycles. The zero-order chi connectivity index (χ0) is 27.0. The highest BCUT2D eigenvalue weighted by Gasteiger charge is 2.56. The lowest BCUT2D eigenvalue weighted by atomic mass is 10.1. The van der Waals surface area contributed by atoms with Gasteiger partial charge in [0.2, 0.25) is 5.91 Å². The molecule has 196 valence electrons. The normalized spacial score (nSPS) is 19.8. The minimum atomic E-state index is -4.44. The SMILES string of the molecule is O=C1CSC2(CC(/C=C/C=C/c3ccccc3)=NN2c2cccc(S(=O)(=O)O)c2)N1c1nc2ccccc2s1. The largest absolute Gasteiger partial charge is 0.294 e. The average Bonchev–Trinajstić information content (AvgIpc) is 3.61. The summed E-state index contributed by atoms with van der Waals surface area (Å²) >= 11 is 2.84. The van der Waals surface area contributed by atoms with E-state index in [1.807, 2.05) is 78.9 Å². The van der Waals surface area contributed by atoms with E-state index >= 15 is 0 Å². The first-order chi connectivity index (χ1) is 18.8. The number of benzene rings is 3. The number of nitrogens with zero attached hydrogens (tertiary/aromatic N) is 4. The summed E-state index contributed by atoms with van der Waals surface area (Å²) in [5, 5.41) is 7.06. The van der Waals surface area contributed by atoms with Crippen molar-refractivity contribution in [2.45, 2.75) is 16.3 Å². The van der Waals surface area contributed by atoms with Crippen LogP contribution in [0.15, 0.2) is 107 Å². The molecule has 1 spiro atoms. The molecule has 3 heterocycles. The molecule has 4 aromatic rings. The minimum Gasteiger partial charge on any atom is -0.282 e. The number of thioether (sulfide) groups is 1. The molecular formula is C28H22N4O4S3. The second kappa shape index (κ2) is 10.1. The van der Waals surface area contributed by atoms with E-state index in [0.29, 0.717) is 23.0 Å². The van der Waals surface area contributed by atoms with Crippen molar-refractivity contribution in [3.63, 3.8) is 0 Å². The first-order valence-corrected chi connectivity index (χ1v) is 15.3. The Balaban J connectivity index is 1.42. The predicted octanol–water partition coefficient (Wildman–Crippen LogP) is 5.81. The maximum Gasteiger partial charge on any atom is 0.294 e. The zero-order valence-corrected chi connectivity index (χ0v) is 22.9. The smallest absolute Gasteiger partial charge is 0.282 e. The highest BCUT2D eigenvalue weighted by atomic mass is 32.2. The van der Waals surface area contributed by atoms with Crippen LogP contribution in [0.1, 0.15) is 12.0 Å². The topological polar surface area (TPSA) is 103 Å². The molecule has 1 N–H and O–H groups in total. The van der Waals surface area contributed by atoms with Crippen molar-refractivity contribution in [1.82, 2.24) is 4.98 Å². The molecule has 1 fully saturated rings. The quantitative estimate of drug-likeness (QED) is 0.229. The Labute approximate surface area is 233 Å². The Morgan fingerprint density at radius 1 is 0.949 bits per heavy atom. The van der Waals surface area contributed by atoms with Gasteiger partial charge in [-0.3, -0.25) is 14.2 Å². The van der Waals surface area contributed by atoms with Gasteiger partial charge in [-0.15, -0.1) is 0 Å². The zero-order valence-electron chi connectivity index (χ0n) is 20.4. The average molecular weight is 575 g/mol. The van der Waals surface area contributed by atoms with Gasteiger partial charge in [-0.2, -0.15) is 13.5 Å². The van der Waals surface area contributed by atoms with Gasteiger partial charge in [0.25, 0.3) is 10.1 Å². The molecule has 39 heavy (non-hydrogen) atoms. The molecule has 11 heteroatoms. The fourth-order valence-corrected chi connectivity index (χ4v) is 7.52. The van der Waals surface area contributed by atoms with Gasteiger partial charge in [0.05, 0.1) is 32.3 Å². The van der Waals surface area contributed by atoms with Crippen molar-refractivity contribution < 1.29 is 17.8 Å². The molecule has 1 aromatic heterocycles. The maximum atomic E-state index is 13.4. The van der Waals surface area contributed by atoms with E-state index in [2.05, 4.69) is 0 Å². The Morgan fingerprint density at radius 3 is 2.51 bits per heavy atom. The fourth-order valence-electron chi connectivity index (χ4n) is 4.58. The summed E-state index contributed by atoms with van der Waals surface area (Å²) in [6.45, 7) is 0. The van der Waals surface area contributed by atoms with Crippen molar-refractivity contribution in [1.29, 1.82) is 0 Å². The van der Waals surface area contributed by atoms with Crippen LogP contribution in [0.5, 0.6) is 0 Å². The lowest BCUT2D eigenvalue weighted by Crippen LogP contribution is -2.53. The molecular weight excluding hydrogens is 553 g/mol. The maximum absolute atomic E-state index is 13.4. The number of thiazole rings is 1. The number of carbonyl (C=O) groups is 1. The Morgan fingerprint density at radius 2 is 1.72 bits per heavy atom. The van der Waals surface area contributed by atoms with E-state index in [4.69, 9.17) is 10.1 Å². The van der Waals surface area contributed by atoms with E-state index in [1.165, 1.54) is 35.2 Å². The van der Waals surface area contributed by atoms with Crippen LogP contribution in [0.3, 0.4) is 0 Å². The van der Waals surface area contributed by atoms with Crippen LogP contribution < -0.4 is 9.91 Å². The molecule has 1 amide bonds. The second-order valence-corrected chi connectivity index (χ2v) is 12.6. The molecule has 1 atom stereocenters. The van der Waals surface area contributed by atoms with Crippen LogP contribution in [0.2, 0.25) is 0 Å². The third kappa shape index (κ3) is 4.89. The first-order valence-electron chi connectivity index (χ1n) is 12.0. The number of fused-ring (bicyclic) bond motifs is 1. The number of hydrogen-bond donors (Lipinski definition) is 1. The van der Waals surface area contributed by atoms with Gasteiger partial charge in [0.1, 0.15) is 0 Å². The van der Waals surface area contributed by atoms with Crippen LogP contribution >= 0.6 is 23.1 Å². The van der Waals surface area contributed by atoms with E-state index in [9.17, 15) is 17.8 Å². The summed E-state index contributed by atoms with van der Waals surface area (Å²) in [7, 11) is -4.44. The second-order valence-electron chi connectivity index (χ2n) is 8.91. The number of hydrazone groups is 1. The third-order valence-electron chi connectivity index (χ3n) is 6.32. The summed E-state index contributed by atoms with van der Waals surface area (Å²) in [5.41, 5.74) is 3.00. The number of rotatable bonds is 6. The van der Waals surface area contributed by atoms with Gasteiger partial charge in [0, 0.05) is 6.42 Å². The van der Waals surface area contributed by atoms with E-state index in [1.54, 1.807) is 22.0 Å². The number of allylic oxidation sites excluding steroid dienone is 3. The number of hydrogen-bond acceptors (Lipinski definition) is 8. The number of para-hydroxylation sites is 1. The predicted molar refractivity (Wildman–Crippen MR) is 158 cm³/mol. The highest BCUT2D eigenvalue weighted by Crippen LogP contribution is 2.51. The summed E-state index contributed by atoms with van der Waals surface area (Å²) in [6, 6.07) is 23.5. The van der Waals surface area contributed by atoms with Gasteiger partial charge >= 0.3 is 0 Å². The Kier molecular flexibility index (Phi) is 6.59. The van der Waals surface area contributed by atoms with Crippen molar-refractivity contribution in [2.24, 2.45) is 5.10 Å². The van der Waals surface area contributed by atoms with E-state index in [0.717, 1.165) is 15.8 Å². The lowest BCUT2D eigenvalue weighted by Gasteiger charge is -2.39. The molecule has 1 unspecified atom stereocenters. The van der Waals surface area contributed by atoms with Crippen molar-refractivity contribution in [3.05, 3.63) is 103 Å². The fraction of sp³-hybridized carbons (Fsp3) is 0.107. The minimum absolute atomic E-state index is 0.112. The molecule has 3 aromatic carbocycles. The lowest BCUT2D eigenvalue weighted by molar-refractivity contribution is -0.116. The summed E-state index contributed by atoms with van der Waals surface area (Å²) < 4.78 is 34.5. The monoisotopic (exact) mass is 574 g/mol. The van der Waals surface area contributed by atoms with Gasteiger partial charge in [-0.1, -0.05) is 89.9 Å². The number of aromatic nitrogens is 1. The molecule has 0 bridgehead atoms. The van der Waals surface area contributed by atoms with Crippen molar-refractivity contribution in [3.8, 4) is 0 Å². The number of amides is 1. The van der Waals surface area contributed by atoms with Gasteiger partial charge in [0.15, 0.2) is 10.1 Å². The molecule has 0 aliphatic carbocycles. The molecule has 6 rings (SSSR count). The van der Waals surface area contributed by atoms with Gasteiger partial charge < -0.3 is 0 Å². The van der Waals surface area contributed by atoms with Crippen LogP contribution in [0, 0.1) is 0 Å². The van der Waals surface area contributed by atoms with Crippen LogP contribution in [0.4, 0.5) is 10.8 Å². The van der Waals surface area contributed by atoms with Crippen LogP contribution in [-0.2, 0) is 14.9 Å². The highest BCUT2D eigenvalue weighted by molar-refractivity contribution is 8.02. The third-order valence-corrected chi connectivity index (χ3v) is 9.54. The van der Waals surface area contributed by atoms with Crippen molar-refractivity contribution >= 4 is 71.9 Å². The number of carbonyl (C=O) groups excluding carboxylic acids is 1. The molecule has 1 saturated heterocycles.